The van der Waals surface area contributed by atoms with Crippen molar-refractivity contribution in [1.82, 2.24) is 15.0 Å². The minimum atomic E-state index is -0.279. The molecule has 2 N–H and O–H groups in total. The van der Waals surface area contributed by atoms with Gasteiger partial charge in [0.15, 0.2) is 0 Å². The van der Waals surface area contributed by atoms with Crippen LogP contribution < -0.4 is 57.1 Å². The van der Waals surface area contributed by atoms with E-state index in [9.17, 15) is 4.79 Å². The Balaban J connectivity index is 0.000000173. The molecule has 6 aromatic heterocycles. The molecule has 0 aliphatic heterocycles. The summed E-state index contributed by atoms with van der Waals surface area (Å²) >= 11 is 10.9. The molecule has 3 aliphatic carbocycles. The monoisotopic (exact) mass is 944 g/mol. The van der Waals surface area contributed by atoms with Crippen LogP contribution in [-0.4, -0.2) is 20.9 Å². The fourth-order valence-corrected chi connectivity index (χ4v) is 12.4. The van der Waals surface area contributed by atoms with Crippen LogP contribution in [0.2, 0.25) is 0 Å². The van der Waals surface area contributed by atoms with Gasteiger partial charge in [-0.1, -0.05) is 62.3 Å². The maximum atomic E-state index is 11.1. The van der Waals surface area contributed by atoms with E-state index < -0.39 is 0 Å². The fraction of sp³-hybridized carbons (Fsp3) is 0.529. The van der Waals surface area contributed by atoms with Gasteiger partial charge in [0.2, 0.25) is 5.91 Å². The van der Waals surface area contributed by atoms with E-state index in [1.807, 2.05) is 0 Å². The Labute approximate surface area is 435 Å². The topological polar surface area (TPSA) is 129 Å². The van der Waals surface area contributed by atoms with Crippen molar-refractivity contribution in [2.45, 2.75) is 139 Å². The summed E-state index contributed by atoms with van der Waals surface area (Å²) in [5.74, 6) is 2.54. The van der Waals surface area contributed by atoms with E-state index in [0.29, 0.717) is 40.9 Å². The summed E-state index contributed by atoms with van der Waals surface area (Å²) in [6.45, 7) is 25.8. The van der Waals surface area contributed by atoms with Gasteiger partial charge >= 0.3 is 51.4 Å². The second-order valence-corrected chi connectivity index (χ2v) is 24.2. The van der Waals surface area contributed by atoms with Gasteiger partial charge in [-0.25, -0.2) is 15.0 Å². The molecular formula is C51H62ClKN6OS3. The molecule has 3 aliphatic rings. The number of rotatable bonds is 4. The third-order valence-electron chi connectivity index (χ3n) is 13.2. The average molecular weight is 946 g/mol. The number of alkyl halides is 1. The molecule has 0 fully saturated rings. The number of aromatic nitrogens is 3. The molecule has 6 aromatic rings. The number of amides is 1. The first-order chi connectivity index (χ1) is 29.3. The third-order valence-corrected chi connectivity index (χ3v) is 16.8. The van der Waals surface area contributed by atoms with Gasteiger partial charge in [0.05, 0.1) is 24.8 Å². The van der Waals surface area contributed by atoms with Gasteiger partial charge in [0, 0.05) is 47.9 Å². The van der Waals surface area contributed by atoms with E-state index in [4.69, 9.17) is 49.4 Å². The summed E-state index contributed by atoms with van der Waals surface area (Å²) in [6, 6.07) is 15.6. The first kappa shape index (κ1) is 51.7. The van der Waals surface area contributed by atoms with E-state index in [-0.39, 0.29) is 57.3 Å². The first-order valence-corrected chi connectivity index (χ1v) is 24.9. The number of nitrogens with zero attached hydrogens (tertiary/aromatic N) is 5. The summed E-state index contributed by atoms with van der Waals surface area (Å²) in [4.78, 5) is 32.3. The normalized spacial score (nSPS) is 18.2. The molecular weight excluding hydrogens is 883 g/mol. The molecule has 12 heteroatoms. The summed E-state index contributed by atoms with van der Waals surface area (Å²) in [7, 11) is 0. The van der Waals surface area contributed by atoms with Gasteiger partial charge in [0.1, 0.15) is 14.5 Å². The zero-order valence-electron chi connectivity index (χ0n) is 39.0. The smallest absolute Gasteiger partial charge is 0.512 e. The van der Waals surface area contributed by atoms with Gasteiger partial charge in [-0.05, 0) is 145 Å². The quantitative estimate of drug-likeness (QED) is 0.106. The van der Waals surface area contributed by atoms with E-state index in [0.717, 1.165) is 73.6 Å². The number of primary amides is 1. The molecule has 0 bridgehead atoms. The van der Waals surface area contributed by atoms with Crippen molar-refractivity contribution >= 4 is 82.2 Å². The number of pyridine rings is 3. The summed E-state index contributed by atoms with van der Waals surface area (Å²) < 4.78 is 0. The molecule has 0 spiro atoms. The van der Waals surface area contributed by atoms with Gasteiger partial charge in [-0.3, -0.25) is 4.79 Å². The maximum absolute atomic E-state index is 11.1. The summed E-state index contributed by atoms with van der Waals surface area (Å²) in [5, 5.41) is 18.7. The predicted octanol–water partition coefficient (Wildman–Crippen LogP) is 10.3. The van der Waals surface area contributed by atoms with E-state index in [2.05, 4.69) is 105 Å². The Kier molecular flexibility index (Phi) is 17.7. The largest absolute Gasteiger partial charge is 1.00 e. The molecule has 7 nitrogen and oxygen atoms in total. The van der Waals surface area contributed by atoms with Crippen molar-refractivity contribution in [3.63, 3.8) is 0 Å². The van der Waals surface area contributed by atoms with Gasteiger partial charge in [-0.2, -0.15) is 5.26 Å². The standard InChI is InChI=1S/C17H22N2OS.C17H20N2S.C16H20ClNS.CN.K/c1-17(2,3)12-4-5-14-10(7-12)6-11-8-13(9-15(18)20)21-16(11)19-14;1-17(2,3)13-4-5-15-11(9-13)8-12-10-14(6-7-18)20-16(12)19-15;1-16(2,3)12-4-5-14-10(7-12)6-11-8-13(9-17)19-15(11)18-14;1-2;/h6,8,12H,4-5,7,9H2,1-3H3,(H2,18,20);8,10,13H,4-6,9H2,1-3H3;6,8,12H,4-5,7,9H2,1-3H3;;/q;;;-1;+1. The minimum absolute atomic E-state index is 0. The Bertz CT molecular complexity index is 2610. The molecule has 0 radical (unpaired) electrons. The zero-order chi connectivity index (χ0) is 45.1. The van der Waals surface area contributed by atoms with Crippen LogP contribution in [0.15, 0.2) is 36.4 Å². The first-order valence-electron chi connectivity index (χ1n) is 21.9. The van der Waals surface area contributed by atoms with E-state index >= 15 is 0 Å². The number of nitrogens with two attached hydrogens (primary N) is 1. The molecule has 3 atom stereocenters. The van der Waals surface area contributed by atoms with Crippen LogP contribution in [0.25, 0.3) is 30.6 Å². The summed E-state index contributed by atoms with van der Waals surface area (Å²) in [6.07, 6.45) is 11.3. The van der Waals surface area contributed by atoms with Gasteiger partial charge in [-0.15, -0.1) is 45.6 Å². The molecule has 9 rings (SSSR count). The Morgan fingerprint density at radius 2 is 0.984 bits per heavy atom. The number of fused-ring (bicyclic) bond motifs is 6. The maximum Gasteiger partial charge on any atom is 1.00 e. The number of thiophene rings is 3. The Hall–Kier alpha value is -2.29. The zero-order valence-corrected chi connectivity index (χ0v) is 45.3. The molecule has 6 heterocycles. The number of hydrogen-bond acceptors (Lipinski definition) is 9. The van der Waals surface area contributed by atoms with Crippen LogP contribution in [0.4, 0.5) is 0 Å². The van der Waals surface area contributed by atoms with Crippen molar-refractivity contribution in [2.24, 2.45) is 39.7 Å². The molecule has 0 saturated carbocycles. The van der Waals surface area contributed by atoms with Crippen molar-refractivity contribution in [1.29, 1.82) is 10.5 Å². The fourth-order valence-electron chi connectivity index (χ4n) is 9.23. The molecule has 3 unspecified atom stereocenters. The number of carbonyl (C=O) groups is 1. The van der Waals surface area contributed by atoms with Crippen molar-refractivity contribution in [3.05, 3.63) is 91.4 Å². The molecule has 0 aromatic carbocycles. The molecule has 1 amide bonds. The predicted molar refractivity (Wildman–Crippen MR) is 261 cm³/mol. The van der Waals surface area contributed by atoms with Crippen LogP contribution in [0.3, 0.4) is 0 Å². The van der Waals surface area contributed by atoms with Gasteiger partial charge < -0.3 is 17.6 Å². The van der Waals surface area contributed by atoms with Crippen LogP contribution in [0.1, 0.15) is 130 Å². The average Bonchev–Trinajstić information content (AvgIpc) is 3.92. The Morgan fingerprint density at radius 1 is 0.651 bits per heavy atom. The van der Waals surface area contributed by atoms with Crippen LogP contribution in [0, 0.1) is 57.2 Å². The van der Waals surface area contributed by atoms with E-state index in [1.54, 1.807) is 34.0 Å². The van der Waals surface area contributed by atoms with Crippen LogP contribution in [0.5, 0.6) is 0 Å². The molecule has 63 heavy (non-hydrogen) atoms. The number of halogens is 1. The van der Waals surface area contributed by atoms with E-state index in [1.165, 1.54) is 75.1 Å². The number of aryl methyl sites for hydroxylation is 3. The van der Waals surface area contributed by atoms with Crippen molar-refractivity contribution in [3.8, 4) is 6.07 Å². The second kappa shape index (κ2) is 21.6. The minimum Gasteiger partial charge on any atom is -0.512 e. The second-order valence-electron chi connectivity index (χ2n) is 20.6. The molecule has 328 valence electrons. The van der Waals surface area contributed by atoms with Crippen molar-refractivity contribution < 1.29 is 56.2 Å². The number of hydrogen-bond donors (Lipinski definition) is 1. The van der Waals surface area contributed by atoms with Crippen LogP contribution >= 0.6 is 45.6 Å². The number of nitriles is 1. The van der Waals surface area contributed by atoms with Crippen molar-refractivity contribution in [2.75, 3.05) is 0 Å². The summed E-state index contributed by atoms with van der Waals surface area (Å²) in [5.41, 5.74) is 14.5. The Morgan fingerprint density at radius 3 is 1.32 bits per heavy atom. The molecule has 0 saturated heterocycles. The SMILES string of the molecule is CC(C)(C)C1CCc2nc3sc(CC#N)cc3cc2C1.CC(C)(C)C1CCc2nc3sc(CC(N)=O)cc3cc2C1.CC(C)(C)C1CCc2nc3sc(CCl)cc3cc2C1.[C-]#N.[K+]. The third kappa shape index (κ3) is 13.0. The van der Waals surface area contributed by atoms with Gasteiger partial charge in [0.25, 0.3) is 0 Å². The van der Waals surface area contributed by atoms with Crippen LogP contribution in [-0.2, 0) is 62.0 Å². The number of carbonyl (C=O) groups excluding carboxylic acids is 1.